The van der Waals surface area contributed by atoms with Gasteiger partial charge in [-0.05, 0) is 36.4 Å². The van der Waals surface area contributed by atoms with E-state index in [1.165, 1.54) is 18.2 Å². The minimum absolute atomic E-state index is 0.0748. The Labute approximate surface area is 151 Å². The summed E-state index contributed by atoms with van der Waals surface area (Å²) in [6.07, 6.45) is 1.04. The molecule has 2 aromatic carbocycles. The quantitative estimate of drug-likeness (QED) is 0.869. The third-order valence-electron chi connectivity index (χ3n) is 3.28. The molecule has 0 aromatic heterocycles. The lowest BCUT2D eigenvalue weighted by molar-refractivity contribution is 0.102. The summed E-state index contributed by atoms with van der Waals surface area (Å²) in [6.45, 7) is 0. The summed E-state index contributed by atoms with van der Waals surface area (Å²) in [5, 5.41) is 3.29. The van der Waals surface area contributed by atoms with Crippen LogP contribution in [0.3, 0.4) is 0 Å². The molecule has 0 aliphatic carbocycles. The zero-order valence-corrected chi connectivity index (χ0v) is 15.6. The van der Waals surface area contributed by atoms with Gasteiger partial charge in [-0.3, -0.25) is 4.79 Å². The maximum Gasteiger partial charge on any atom is 0.255 e. The lowest BCUT2D eigenvalue weighted by Crippen LogP contribution is -2.17. The molecule has 1 N–H and O–H groups in total. The van der Waals surface area contributed by atoms with Gasteiger partial charge in [0.15, 0.2) is 9.84 Å². The third kappa shape index (κ3) is 4.20. The minimum atomic E-state index is -3.53. The topological polar surface area (TPSA) is 66.5 Å². The fourth-order valence-electron chi connectivity index (χ4n) is 2.12. The van der Waals surface area contributed by atoms with Crippen LogP contribution in [0.15, 0.2) is 41.3 Å². The van der Waals surface area contributed by atoms with Crippen LogP contribution in [-0.4, -0.2) is 34.7 Å². The van der Waals surface area contributed by atoms with Crippen LogP contribution >= 0.6 is 23.2 Å². The van der Waals surface area contributed by atoms with Gasteiger partial charge in [0.2, 0.25) is 0 Å². The van der Waals surface area contributed by atoms with Gasteiger partial charge in [-0.1, -0.05) is 23.2 Å². The van der Waals surface area contributed by atoms with E-state index in [2.05, 4.69) is 5.32 Å². The van der Waals surface area contributed by atoms with E-state index >= 15 is 0 Å². The van der Waals surface area contributed by atoms with Crippen LogP contribution in [0.5, 0.6) is 0 Å². The second kappa shape index (κ2) is 7.01. The molecule has 5 nitrogen and oxygen atoms in total. The lowest BCUT2D eigenvalue weighted by Gasteiger charge is -2.18. The monoisotopic (exact) mass is 386 g/mol. The van der Waals surface area contributed by atoms with Crippen LogP contribution in [0.4, 0.5) is 11.4 Å². The van der Waals surface area contributed by atoms with Gasteiger partial charge in [0.1, 0.15) is 0 Å². The molecule has 0 atom stereocenters. The van der Waals surface area contributed by atoms with Gasteiger partial charge < -0.3 is 10.2 Å². The zero-order valence-electron chi connectivity index (χ0n) is 13.3. The summed E-state index contributed by atoms with van der Waals surface area (Å²) in [4.78, 5) is 14.2. The molecule has 0 radical (unpaired) electrons. The number of carbonyl (C=O) groups excluding carboxylic acids is 1. The van der Waals surface area contributed by atoms with Crippen molar-refractivity contribution in [1.29, 1.82) is 0 Å². The largest absolute Gasteiger partial charge is 0.376 e. The third-order valence-corrected chi connectivity index (χ3v) is 5.09. The van der Waals surface area contributed by atoms with Gasteiger partial charge in [-0.2, -0.15) is 0 Å². The molecule has 0 heterocycles. The molecule has 8 heteroatoms. The molecule has 2 rings (SSSR count). The molecule has 0 aliphatic heterocycles. The van der Waals surface area contributed by atoms with Crippen LogP contribution in [0.25, 0.3) is 0 Å². The first kappa shape index (κ1) is 18.6. The number of amides is 1. The van der Waals surface area contributed by atoms with Gasteiger partial charge >= 0.3 is 0 Å². The molecule has 0 unspecified atom stereocenters. The van der Waals surface area contributed by atoms with Crippen molar-refractivity contribution in [2.24, 2.45) is 0 Å². The number of anilines is 2. The molecule has 128 valence electrons. The second-order valence-corrected chi connectivity index (χ2v) is 8.26. The zero-order chi connectivity index (χ0) is 18.1. The van der Waals surface area contributed by atoms with Crippen LogP contribution in [0, 0.1) is 0 Å². The summed E-state index contributed by atoms with van der Waals surface area (Å²) in [5.41, 5.74) is 1.47. The van der Waals surface area contributed by atoms with Gasteiger partial charge in [0.05, 0.1) is 21.3 Å². The molecule has 0 bridgehead atoms. The standard InChI is InChI=1S/C16H16Cl2N2O3S/c1-20(2)14-7-5-11(17)9-13(14)19-16(21)10-4-6-12(18)15(8-10)24(3,22)23/h4-9H,1-3H3,(H,19,21). The summed E-state index contributed by atoms with van der Waals surface area (Å²) < 4.78 is 23.5. The van der Waals surface area contributed by atoms with Crippen molar-refractivity contribution in [3.8, 4) is 0 Å². The van der Waals surface area contributed by atoms with Crippen LogP contribution < -0.4 is 10.2 Å². The first-order valence-corrected chi connectivity index (χ1v) is 9.52. The average Bonchev–Trinajstić information content (AvgIpc) is 2.46. The number of benzene rings is 2. The number of carbonyl (C=O) groups is 1. The highest BCUT2D eigenvalue weighted by atomic mass is 35.5. The number of sulfone groups is 1. The van der Waals surface area contributed by atoms with Crippen LogP contribution in [0.1, 0.15) is 10.4 Å². The van der Waals surface area contributed by atoms with E-state index in [4.69, 9.17) is 23.2 Å². The predicted molar refractivity (Wildman–Crippen MR) is 98.3 cm³/mol. The highest BCUT2D eigenvalue weighted by molar-refractivity contribution is 7.90. The molecule has 0 aliphatic rings. The first-order valence-electron chi connectivity index (χ1n) is 6.87. The highest BCUT2D eigenvalue weighted by Gasteiger charge is 2.17. The van der Waals surface area contributed by atoms with Gasteiger partial charge in [-0.15, -0.1) is 0 Å². The second-order valence-electron chi connectivity index (χ2n) is 5.43. The average molecular weight is 387 g/mol. The maximum atomic E-state index is 12.5. The van der Waals surface area contributed by atoms with E-state index in [1.807, 2.05) is 19.0 Å². The fraction of sp³-hybridized carbons (Fsp3) is 0.188. The summed E-state index contributed by atoms with van der Waals surface area (Å²) in [5.74, 6) is -0.457. The van der Waals surface area contributed by atoms with Crippen molar-refractivity contribution in [3.05, 3.63) is 52.0 Å². The van der Waals surface area contributed by atoms with E-state index in [0.29, 0.717) is 10.7 Å². The minimum Gasteiger partial charge on any atom is -0.376 e. The fourth-order valence-corrected chi connectivity index (χ4v) is 3.59. The van der Waals surface area contributed by atoms with Crippen LogP contribution in [-0.2, 0) is 9.84 Å². The summed E-state index contributed by atoms with van der Waals surface area (Å²) in [7, 11) is 0.141. The van der Waals surface area contributed by atoms with Crippen molar-refractivity contribution in [3.63, 3.8) is 0 Å². The number of halogens is 2. The summed E-state index contributed by atoms with van der Waals surface area (Å²) >= 11 is 11.9. The Balaban J connectivity index is 2.40. The van der Waals surface area contributed by atoms with Crippen molar-refractivity contribution in [1.82, 2.24) is 0 Å². The molecular formula is C16H16Cl2N2O3S. The van der Waals surface area contributed by atoms with Gasteiger partial charge in [0, 0.05) is 30.9 Å². The summed E-state index contributed by atoms with van der Waals surface area (Å²) in [6, 6.07) is 9.23. The molecular weight excluding hydrogens is 371 g/mol. The smallest absolute Gasteiger partial charge is 0.255 e. The molecule has 0 spiro atoms. The molecule has 2 aromatic rings. The number of nitrogens with one attached hydrogen (secondary N) is 1. The van der Waals surface area contributed by atoms with E-state index in [9.17, 15) is 13.2 Å². The Kier molecular flexibility index (Phi) is 5.42. The Hall–Kier alpha value is -1.76. The van der Waals surface area contributed by atoms with Crippen molar-refractivity contribution in [2.45, 2.75) is 4.90 Å². The maximum absolute atomic E-state index is 12.5. The molecule has 0 saturated carbocycles. The van der Waals surface area contributed by atoms with E-state index in [-0.39, 0.29) is 15.5 Å². The Morgan fingerprint density at radius 1 is 1.08 bits per heavy atom. The molecule has 0 fully saturated rings. The Morgan fingerprint density at radius 3 is 2.33 bits per heavy atom. The molecule has 24 heavy (non-hydrogen) atoms. The number of hydrogen-bond donors (Lipinski definition) is 1. The SMILES string of the molecule is CN(C)c1ccc(Cl)cc1NC(=O)c1ccc(Cl)c(S(C)(=O)=O)c1. The predicted octanol–water partition coefficient (Wildman–Crippen LogP) is 3.72. The molecule has 0 saturated heterocycles. The van der Waals surface area contributed by atoms with Crippen molar-refractivity contribution < 1.29 is 13.2 Å². The van der Waals surface area contributed by atoms with Crippen LogP contribution in [0.2, 0.25) is 10.0 Å². The number of rotatable bonds is 4. The van der Waals surface area contributed by atoms with E-state index in [1.54, 1.807) is 18.2 Å². The van der Waals surface area contributed by atoms with E-state index < -0.39 is 15.7 Å². The first-order chi connectivity index (χ1) is 11.1. The normalized spacial score (nSPS) is 11.2. The Morgan fingerprint density at radius 2 is 1.75 bits per heavy atom. The van der Waals surface area contributed by atoms with Gasteiger partial charge in [-0.25, -0.2) is 8.42 Å². The van der Waals surface area contributed by atoms with Crippen molar-refractivity contribution >= 4 is 50.3 Å². The van der Waals surface area contributed by atoms with Crippen molar-refractivity contribution in [2.75, 3.05) is 30.6 Å². The highest BCUT2D eigenvalue weighted by Crippen LogP contribution is 2.29. The molecule has 1 amide bonds. The number of nitrogens with zero attached hydrogens (tertiary/aromatic N) is 1. The van der Waals surface area contributed by atoms with Gasteiger partial charge in [0.25, 0.3) is 5.91 Å². The number of hydrogen-bond acceptors (Lipinski definition) is 4. The van der Waals surface area contributed by atoms with E-state index in [0.717, 1.165) is 11.9 Å². The lowest BCUT2D eigenvalue weighted by atomic mass is 10.2. The Bertz CT molecular complexity index is 896.